The molecule has 0 saturated heterocycles. The number of rotatable bonds is 7. The summed E-state index contributed by atoms with van der Waals surface area (Å²) in [6, 6.07) is 0. The van der Waals surface area contributed by atoms with Crippen molar-refractivity contribution in [1.82, 2.24) is 20.1 Å². The van der Waals surface area contributed by atoms with E-state index in [4.69, 9.17) is 0 Å². The van der Waals surface area contributed by atoms with Crippen molar-refractivity contribution in [3.05, 3.63) is 12.2 Å². The number of aromatic nitrogens is 3. The third-order valence-corrected chi connectivity index (χ3v) is 2.25. The molecule has 1 heterocycles. The van der Waals surface area contributed by atoms with Crippen LogP contribution in [0.15, 0.2) is 6.33 Å². The van der Waals surface area contributed by atoms with Crippen molar-refractivity contribution in [1.29, 1.82) is 0 Å². The lowest BCUT2D eigenvalue weighted by Crippen LogP contribution is -2.21. The van der Waals surface area contributed by atoms with Crippen molar-refractivity contribution in [2.45, 2.75) is 46.7 Å². The molecule has 0 atom stereocenters. The van der Waals surface area contributed by atoms with Gasteiger partial charge in [-0.3, -0.25) is 0 Å². The highest BCUT2D eigenvalue weighted by Crippen LogP contribution is 1.98. The van der Waals surface area contributed by atoms with E-state index in [-0.39, 0.29) is 0 Å². The zero-order valence-electron chi connectivity index (χ0n) is 10.0. The zero-order valence-corrected chi connectivity index (χ0v) is 10.0. The molecule has 0 bridgehead atoms. The van der Waals surface area contributed by atoms with Gasteiger partial charge >= 0.3 is 0 Å². The molecule has 86 valence electrons. The molecule has 0 saturated carbocycles. The SMILES string of the molecule is CCCCn1ncnc1CNCC(C)C. The first kappa shape index (κ1) is 12.2. The van der Waals surface area contributed by atoms with E-state index in [0.29, 0.717) is 5.92 Å². The van der Waals surface area contributed by atoms with Crippen molar-refractivity contribution < 1.29 is 0 Å². The van der Waals surface area contributed by atoms with E-state index in [1.807, 2.05) is 4.68 Å². The molecule has 0 spiro atoms. The molecule has 1 N–H and O–H groups in total. The molecule has 4 nitrogen and oxygen atoms in total. The average molecular weight is 210 g/mol. The highest BCUT2D eigenvalue weighted by Gasteiger charge is 2.03. The van der Waals surface area contributed by atoms with Crippen molar-refractivity contribution in [3.8, 4) is 0 Å². The monoisotopic (exact) mass is 210 g/mol. The standard InChI is InChI=1S/C11H22N4/c1-4-5-6-15-11(13-9-14-15)8-12-7-10(2)3/h9-10,12H,4-8H2,1-3H3. The summed E-state index contributed by atoms with van der Waals surface area (Å²) in [6.45, 7) is 9.43. The number of unbranched alkanes of at least 4 members (excludes halogenated alkanes) is 1. The van der Waals surface area contributed by atoms with Gasteiger partial charge in [-0.25, -0.2) is 9.67 Å². The maximum atomic E-state index is 4.26. The lowest BCUT2D eigenvalue weighted by atomic mass is 10.2. The third kappa shape index (κ3) is 4.42. The Kier molecular flexibility index (Phi) is 5.32. The summed E-state index contributed by atoms with van der Waals surface area (Å²) < 4.78 is 2.00. The van der Waals surface area contributed by atoms with Crippen molar-refractivity contribution in [3.63, 3.8) is 0 Å². The summed E-state index contributed by atoms with van der Waals surface area (Å²) in [6.07, 6.45) is 4.00. The quantitative estimate of drug-likeness (QED) is 0.746. The van der Waals surface area contributed by atoms with E-state index in [1.165, 1.54) is 12.8 Å². The van der Waals surface area contributed by atoms with E-state index in [0.717, 1.165) is 25.5 Å². The Morgan fingerprint density at radius 1 is 1.47 bits per heavy atom. The zero-order chi connectivity index (χ0) is 11.1. The summed E-state index contributed by atoms with van der Waals surface area (Å²) in [4.78, 5) is 4.26. The van der Waals surface area contributed by atoms with Crippen LogP contribution in [-0.2, 0) is 13.1 Å². The van der Waals surface area contributed by atoms with Gasteiger partial charge in [0.2, 0.25) is 0 Å². The van der Waals surface area contributed by atoms with Gasteiger partial charge in [-0.2, -0.15) is 5.10 Å². The predicted octanol–water partition coefficient (Wildman–Crippen LogP) is 1.82. The number of nitrogens with zero attached hydrogens (tertiary/aromatic N) is 3. The van der Waals surface area contributed by atoms with Crippen LogP contribution in [0.2, 0.25) is 0 Å². The van der Waals surface area contributed by atoms with E-state index in [9.17, 15) is 0 Å². The number of hydrogen-bond acceptors (Lipinski definition) is 3. The Morgan fingerprint density at radius 2 is 2.27 bits per heavy atom. The Bertz CT molecular complexity index is 267. The molecule has 0 aliphatic heterocycles. The van der Waals surface area contributed by atoms with Crippen LogP contribution in [0.4, 0.5) is 0 Å². The molecule has 0 aromatic carbocycles. The van der Waals surface area contributed by atoms with E-state index in [2.05, 4.69) is 36.2 Å². The van der Waals surface area contributed by atoms with E-state index >= 15 is 0 Å². The van der Waals surface area contributed by atoms with Crippen molar-refractivity contribution in [2.24, 2.45) is 5.92 Å². The molecule has 0 radical (unpaired) electrons. The molecule has 0 fully saturated rings. The van der Waals surface area contributed by atoms with Crippen LogP contribution in [0.5, 0.6) is 0 Å². The van der Waals surface area contributed by atoms with Crippen LogP contribution in [0, 0.1) is 5.92 Å². The predicted molar refractivity (Wildman–Crippen MR) is 61.5 cm³/mol. The van der Waals surface area contributed by atoms with Crippen LogP contribution in [0.25, 0.3) is 0 Å². The highest BCUT2D eigenvalue weighted by atomic mass is 15.3. The Balaban J connectivity index is 2.35. The first-order valence-corrected chi connectivity index (χ1v) is 5.81. The molecular formula is C11H22N4. The van der Waals surface area contributed by atoms with Gasteiger partial charge in [-0.05, 0) is 18.9 Å². The Morgan fingerprint density at radius 3 is 2.93 bits per heavy atom. The average Bonchev–Trinajstić information content (AvgIpc) is 2.62. The van der Waals surface area contributed by atoms with Crippen molar-refractivity contribution in [2.75, 3.05) is 6.54 Å². The molecule has 0 aliphatic carbocycles. The maximum absolute atomic E-state index is 4.26. The van der Waals surface area contributed by atoms with Crippen molar-refractivity contribution >= 4 is 0 Å². The number of hydrogen-bond donors (Lipinski definition) is 1. The molecule has 1 rings (SSSR count). The minimum Gasteiger partial charge on any atom is -0.310 e. The molecule has 1 aromatic rings. The van der Waals surface area contributed by atoms with Gasteiger partial charge in [0.05, 0.1) is 6.54 Å². The van der Waals surface area contributed by atoms with Crippen LogP contribution in [0.3, 0.4) is 0 Å². The Labute approximate surface area is 92.1 Å². The van der Waals surface area contributed by atoms with Gasteiger partial charge < -0.3 is 5.32 Å². The summed E-state index contributed by atoms with van der Waals surface area (Å²) in [5.74, 6) is 1.72. The van der Waals surface area contributed by atoms with Crippen LogP contribution < -0.4 is 5.32 Å². The second-order valence-corrected chi connectivity index (χ2v) is 4.28. The molecule has 0 aliphatic rings. The fourth-order valence-electron chi connectivity index (χ4n) is 1.39. The van der Waals surface area contributed by atoms with Gasteiger partial charge in [0, 0.05) is 6.54 Å². The van der Waals surface area contributed by atoms with E-state index < -0.39 is 0 Å². The van der Waals surface area contributed by atoms with Gasteiger partial charge in [0.1, 0.15) is 12.2 Å². The molecule has 0 unspecified atom stereocenters. The van der Waals surface area contributed by atoms with Crippen LogP contribution in [0.1, 0.15) is 39.4 Å². The summed E-state index contributed by atoms with van der Waals surface area (Å²) in [5.41, 5.74) is 0. The molecule has 15 heavy (non-hydrogen) atoms. The third-order valence-electron chi connectivity index (χ3n) is 2.25. The van der Waals surface area contributed by atoms with Crippen LogP contribution in [-0.4, -0.2) is 21.3 Å². The summed E-state index contributed by atoms with van der Waals surface area (Å²) in [5, 5.41) is 7.60. The first-order chi connectivity index (χ1) is 7.24. The smallest absolute Gasteiger partial charge is 0.140 e. The number of nitrogens with one attached hydrogen (secondary N) is 1. The fraction of sp³-hybridized carbons (Fsp3) is 0.818. The second-order valence-electron chi connectivity index (χ2n) is 4.28. The van der Waals surface area contributed by atoms with Gasteiger partial charge in [-0.15, -0.1) is 0 Å². The summed E-state index contributed by atoms with van der Waals surface area (Å²) >= 11 is 0. The highest BCUT2D eigenvalue weighted by molar-refractivity contribution is 4.83. The van der Waals surface area contributed by atoms with E-state index in [1.54, 1.807) is 6.33 Å². The molecule has 1 aromatic heterocycles. The largest absolute Gasteiger partial charge is 0.310 e. The first-order valence-electron chi connectivity index (χ1n) is 5.81. The molecule has 4 heteroatoms. The fourth-order valence-corrected chi connectivity index (χ4v) is 1.39. The lowest BCUT2D eigenvalue weighted by Gasteiger charge is -2.08. The summed E-state index contributed by atoms with van der Waals surface area (Å²) in [7, 11) is 0. The lowest BCUT2D eigenvalue weighted by molar-refractivity contribution is 0.500. The molecular weight excluding hydrogens is 188 g/mol. The maximum Gasteiger partial charge on any atom is 0.140 e. The Hall–Kier alpha value is -0.900. The molecule has 0 amide bonds. The number of aryl methyl sites for hydroxylation is 1. The van der Waals surface area contributed by atoms with Crippen LogP contribution >= 0.6 is 0 Å². The minimum atomic E-state index is 0.678. The minimum absolute atomic E-state index is 0.678. The normalized spacial score (nSPS) is 11.2. The topological polar surface area (TPSA) is 42.7 Å². The van der Waals surface area contributed by atoms with Gasteiger partial charge in [0.25, 0.3) is 0 Å². The van der Waals surface area contributed by atoms with Gasteiger partial charge in [0.15, 0.2) is 0 Å². The second kappa shape index (κ2) is 6.56. The van der Waals surface area contributed by atoms with Gasteiger partial charge in [-0.1, -0.05) is 27.2 Å².